The standard InChI is InChI=1S/C17H27N3O3S/c1-18-9-6-14-7-10-20(11-8-14)17(21)13-15-4-3-5-16(12-15)19-24(2,22)23/h3-5,12,14,18-19H,6-11,13H2,1-2H3. The minimum absolute atomic E-state index is 0.110. The molecule has 1 aliphatic rings. The Kier molecular flexibility index (Phi) is 6.62. The number of carbonyl (C=O) groups excluding carboxylic acids is 1. The molecule has 0 unspecified atom stereocenters. The van der Waals surface area contributed by atoms with Gasteiger partial charge in [0.2, 0.25) is 15.9 Å². The van der Waals surface area contributed by atoms with Gasteiger partial charge in [-0.25, -0.2) is 8.42 Å². The number of nitrogens with zero attached hydrogens (tertiary/aromatic N) is 1. The first kappa shape index (κ1) is 18.7. The van der Waals surface area contributed by atoms with Crippen molar-refractivity contribution >= 4 is 21.6 Å². The molecular weight excluding hydrogens is 326 g/mol. The largest absolute Gasteiger partial charge is 0.342 e. The van der Waals surface area contributed by atoms with Crippen molar-refractivity contribution in [2.75, 3.05) is 37.7 Å². The summed E-state index contributed by atoms with van der Waals surface area (Å²) in [6, 6.07) is 7.02. The predicted molar refractivity (Wildman–Crippen MR) is 96.5 cm³/mol. The third kappa shape index (κ3) is 6.13. The van der Waals surface area contributed by atoms with Crippen LogP contribution in [0.3, 0.4) is 0 Å². The first-order valence-corrected chi connectivity index (χ1v) is 10.3. The van der Waals surface area contributed by atoms with E-state index in [4.69, 9.17) is 0 Å². The fraction of sp³-hybridized carbons (Fsp3) is 0.588. The van der Waals surface area contributed by atoms with Crippen molar-refractivity contribution in [3.63, 3.8) is 0 Å². The van der Waals surface area contributed by atoms with Crippen molar-refractivity contribution in [2.45, 2.75) is 25.7 Å². The van der Waals surface area contributed by atoms with Crippen LogP contribution < -0.4 is 10.0 Å². The molecule has 6 nitrogen and oxygen atoms in total. The normalized spacial score (nSPS) is 16.2. The van der Waals surface area contributed by atoms with Gasteiger partial charge in [-0.15, -0.1) is 0 Å². The summed E-state index contributed by atoms with van der Waals surface area (Å²) in [5.41, 5.74) is 1.32. The SMILES string of the molecule is CNCCC1CCN(C(=O)Cc2cccc(NS(C)(=O)=O)c2)CC1. The zero-order chi connectivity index (χ0) is 17.6. The molecule has 0 aliphatic carbocycles. The van der Waals surface area contributed by atoms with Crippen molar-refractivity contribution < 1.29 is 13.2 Å². The molecule has 0 spiro atoms. The molecule has 2 rings (SSSR count). The van der Waals surface area contributed by atoms with E-state index in [1.165, 1.54) is 0 Å². The minimum Gasteiger partial charge on any atom is -0.342 e. The van der Waals surface area contributed by atoms with Crippen LogP contribution in [-0.4, -0.2) is 52.2 Å². The average molecular weight is 353 g/mol. The lowest BCUT2D eigenvalue weighted by Gasteiger charge is -2.32. The Morgan fingerprint density at radius 3 is 2.62 bits per heavy atom. The third-order valence-corrected chi connectivity index (χ3v) is 4.96. The van der Waals surface area contributed by atoms with Crippen LogP contribution >= 0.6 is 0 Å². The van der Waals surface area contributed by atoms with Gasteiger partial charge in [-0.1, -0.05) is 12.1 Å². The Bertz CT molecular complexity index is 653. The van der Waals surface area contributed by atoms with E-state index in [9.17, 15) is 13.2 Å². The Morgan fingerprint density at radius 2 is 2.00 bits per heavy atom. The maximum Gasteiger partial charge on any atom is 0.229 e. The number of hydrogen-bond donors (Lipinski definition) is 2. The minimum atomic E-state index is -3.31. The second kappa shape index (κ2) is 8.48. The van der Waals surface area contributed by atoms with Crippen molar-refractivity contribution in [1.29, 1.82) is 0 Å². The van der Waals surface area contributed by atoms with Crippen molar-refractivity contribution in [3.05, 3.63) is 29.8 Å². The molecule has 0 saturated carbocycles. The number of anilines is 1. The van der Waals surface area contributed by atoms with Crippen molar-refractivity contribution in [1.82, 2.24) is 10.2 Å². The average Bonchev–Trinajstić information content (AvgIpc) is 2.52. The van der Waals surface area contributed by atoms with Gasteiger partial charge in [0, 0.05) is 18.8 Å². The van der Waals surface area contributed by atoms with E-state index in [-0.39, 0.29) is 5.91 Å². The molecule has 1 aromatic rings. The zero-order valence-electron chi connectivity index (χ0n) is 14.4. The van der Waals surface area contributed by atoms with E-state index < -0.39 is 10.0 Å². The number of likely N-dealkylation sites (tertiary alicyclic amines) is 1. The second-order valence-corrected chi connectivity index (χ2v) is 8.22. The second-order valence-electron chi connectivity index (χ2n) is 6.47. The summed E-state index contributed by atoms with van der Waals surface area (Å²) in [5, 5.41) is 3.17. The lowest BCUT2D eigenvalue weighted by Crippen LogP contribution is -2.39. The Labute approximate surface area is 144 Å². The van der Waals surface area contributed by atoms with E-state index in [0.29, 0.717) is 18.0 Å². The van der Waals surface area contributed by atoms with Crippen LogP contribution in [0.25, 0.3) is 0 Å². The maximum absolute atomic E-state index is 12.5. The van der Waals surface area contributed by atoms with Gasteiger partial charge in [0.15, 0.2) is 0 Å². The molecular formula is C17H27N3O3S. The first-order valence-electron chi connectivity index (χ1n) is 8.36. The molecule has 24 heavy (non-hydrogen) atoms. The molecule has 134 valence electrons. The van der Waals surface area contributed by atoms with E-state index in [1.807, 2.05) is 18.0 Å². The van der Waals surface area contributed by atoms with Gasteiger partial charge in [-0.05, 0) is 56.5 Å². The number of rotatable bonds is 7. The van der Waals surface area contributed by atoms with Gasteiger partial charge in [-0.3, -0.25) is 9.52 Å². The van der Waals surface area contributed by atoms with Gasteiger partial charge in [-0.2, -0.15) is 0 Å². The van der Waals surface area contributed by atoms with Crippen LogP contribution in [0.15, 0.2) is 24.3 Å². The van der Waals surface area contributed by atoms with Gasteiger partial charge in [0.05, 0.1) is 12.7 Å². The molecule has 0 bridgehead atoms. The number of hydrogen-bond acceptors (Lipinski definition) is 4. The highest BCUT2D eigenvalue weighted by Crippen LogP contribution is 2.21. The highest BCUT2D eigenvalue weighted by Gasteiger charge is 2.22. The van der Waals surface area contributed by atoms with Crippen LogP contribution in [0.4, 0.5) is 5.69 Å². The molecule has 1 saturated heterocycles. The summed E-state index contributed by atoms with van der Waals surface area (Å²) in [5.74, 6) is 0.808. The number of benzene rings is 1. The van der Waals surface area contributed by atoms with Crippen LogP contribution in [0.1, 0.15) is 24.8 Å². The first-order chi connectivity index (χ1) is 11.4. The van der Waals surface area contributed by atoms with E-state index in [0.717, 1.165) is 50.7 Å². The molecule has 1 fully saturated rings. The monoisotopic (exact) mass is 353 g/mol. The van der Waals surface area contributed by atoms with Crippen molar-refractivity contribution in [3.8, 4) is 0 Å². The van der Waals surface area contributed by atoms with Gasteiger partial charge >= 0.3 is 0 Å². The third-order valence-electron chi connectivity index (χ3n) is 4.36. The lowest BCUT2D eigenvalue weighted by atomic mass is 9.93. The number of nitrogens with one attached hydrogen (secondary N) is 2. The molecule has 2 N–H and O–H groups in total. The molecule has 0 radical (unpaired) electrons. The lowest BCUT2D eigenvalue weighted by molar-refractivity contribution is -0.131. The molecule has 1 aliphatic heterocycles. The quantitative estimate of drug-likeness (QED) is 0.778. The Morgan fingerprint density at radius 1 is 1.29 bits per heavy atom. The fourth-order valence-corrected chi connectivity index (χ4v) is 3.62. The summed E-state index contributed by atoms with van der Waals surface area (Å²) in [6.45, 7) is 2.65. The van der Waals surface area contributed by atoms with Crippen LogP contribution in [0.2, 0.25) is 0 Å². The summed E-state index contributed by atoms with van der Waals surface area (Å²) < 4.78 is 25.0. The topological polar surface area (TPSA) is 78.5 Å². The molecule has 1 amide bonds. The smallest absolute Gasteiger partial charge is 0.229 e. The molecule has 0 atom stereocenters. The highest BCUT2D eigenvalue weighted by molar-refractivity contribution is 7.92. The highest BCUT2D eigenvalue weighted by atomic mass is 32.2. The van der Waals surface area contributed by atoms with E-state index in [1.54, 1.807) is 18.2 Å². The number of amides is 1. The predicted octanol–water partition coefficient (Wildman–Crippen LogP) is 1.45. The number of sulfonamides is 1. The molecule has 1 aromatic carbocycles. The van der Waals surface area contributed by atoms with Gasteiger partial charge in [0.25, 0.3) is 0 Å². The van der Waals surface area contributed by atoms with Crippen LogP contribution in [0.5, 0.6) is 0 Å². The van der Waals surface area contributed by atoms with E-state index >= 15 is 0 Å². The Balaban J connectivity index is 1.88. The maximum atomic E-state index is 12.5. The summed E-state index contributed by atoms with van der Waals surface area (Å²) >= 11 is 0. The summed E-state index contributed by atoms with van der Waals surface area (Å²) in [7, 11) is -1.34. The zero-order valence-corrected chi connectivity index (χ0v) is 15.2. The van der Waals surface area contributed by atoms with Gasteiger partial charge < -0.3 is 10.2 Å². The summed E-state index contributed by atoms with van der Waals surface area (Å²) in [4.78, 5) is 14.4. The van der Waals surface area contributed by atoms with Crippen molar-refractivity contribution in [2.24, 2.45) is 5.92 Å². The molecule has 0 aromatic heterocycles. The number of piperidine rings is 1. The molecule has 1 heterocycles. The fourth-order valence-electron chi connectivity index (χ4n) is 3.06. The van der Waals surface area contributed by atoms with E-state index in [2.05, 4.69) is 10.0 Å². The number of carbonyl (C=O) groups is 1. The van der Waals surface area contributed by atoms with Crippen LogP contribution in [-0.2, 0) is 21.2 Å². The summed E-state index contributed by atoms with van der Waals surface area (Å²) in [6.07, 6.45) is 4.70. The molecule has 7 heteroatoms. The Hall–Kier alpha value is -1.60. The van der Waals surface area contributed by atoms with Crippen LogP contribution in [0, 0.1) is 5.92 Å². The van der Waals surface area contributed by atoms with Gasteiger partial charge in [0.1, 0.15) is 0 Å².